The summed E-state index contributed by atoms with van der Waals surface area (Å²) in [6.45, 7) is 8.45. The molecule has 0 heterocycles. The number of carbonyl (C=O) groups is 1. The lowest BCUT2D eigenvalue weighted by molar-refractivity contribution is 0.0825. The average Bonchev–Trinajstić information content (AvgIpc) is 2.15. The molecule has 0 unspecified atom stereocenters. The first-order valence-electron chi connectivity index (χ1n) is 5.56. The third-order valence-corrected chi connectivity index (χ3v) is 2.62. The maximum atomic E-state index is 12.0. The molecule has 0 bridgehead atoms. The number of nitrogens with zero attached hydrogens (tertiary/aromatic N) is 1. The van der Waals surface area contributed by atoms with Crippen LogP contribution in [0.3, 0.4) is 0 Å². The topological polar surface area (TPSA) is 20.3 Å². The van der Waals surface area contributed by atoms with Crippen molar-refractivity contribution in [2.45, 2.75) is 33.1 Å². The number of benzene rings is 1. The van der Waals surface area contributed by atoms with Crippen LogP contribution in [0.5, 0.6) is 0 Å². The van der Waals surface area contributed by atoms with Crippen molar-refractivity contribution in [1.82, 2.24) is 4.90 Å². The second-order valence-electron chi connectivity index (χ2n) is 5.50. The monoisotopic (exact) mass is 219 g/mol. The predicted molar refractivity (Wildman–Crippen MR) is 67.9 cm³/mol. The average molecular weight is 219 g/mol. The molecule has 2 heteroatoms. The number of carbonyl (C=O) groups excluding carboxylic acids is 1. The Balaban J connectivity index is 3.34. The Bertz CT molecular complexity index is 400. The Morgan fingerprint density at radius 3 is 2.19 bits per heavy atom. The maximum absolute atomic E-state index is 12.0. The predicted octanol–water partition coefficient (Wildman–Crippen LogP) is 2.99. The second-order valence-corrected chi connectivity index (χ2v) is 5.50. The lowest BCUT2D eigenvalue weighted by atomic mass is 9.82. The fraction of sp³-hybridized carbons (Fsp3) is 0.500. The number of amides is 1. The molecule has 0 N–H and O–H groups in total. The summed E-state index contributed by atoms with van der Waals surface area (Å²) in [4.78, 5) is 13.7. The fourth-order valence-electron chi connectivity index (χ4n) is 1.71. The molecular weight excluding hydrogens is 198 g/mol. The summed E-state index contributed by atoms with van der Waals surface area (Å²) >= 11 is 0. The zero-order valence-electron chi connectivity index (χ0n) is 11.1. The molecule has 2 nitrogen and oxygen atoms in total. The van der Waals surface area contributed by atoms with Crippen LogP contribution in [0.15, 0.2) is 18.2 Å². The SMILES string of the molecule is Cc1ccc(C(=O)N(C)C)c(C(C)(C)C)c1. The molecule has 1 rings (SSSR count). The van der Waals surface area contributed by atoms with E-state index in [-0.39, 0.29) is 11.3 Å². The van der Waals surface area contributed by atoms with Crippen molar-refractivity contribution in [1.29, 1.82) is 0 Å². The van der Waals surface area contributed by atoms with E-state index >= 15 is 0 Å². The van der Waals surface area contributed by atoms with Gasteiger partial charge in [-0.1, -0.05) is 38.5 Å². The quantitative estimate of drug-likeness (QED) is 0.711. The van der Waals surface area contributed by atoms with Crippen LogP contribution in [0.25, 0.3) is 0 Å². The van der Waals surface area contributed by atoms with Crippen molar-refractivity contribution in [2.75, 3.05) is 14.1 Å². The van der Waals surface area contributed by atoms with E-state index in [2.05, 4.69) is 33.8 Å². The third kappa shape index (κ3) is 2.63. The highest BCUT2D eigenvalue weighted by Crippen LogP contribution is 2.27. The molecule has 0 spiro atoms. The van der Waals surface area contributed by atoms with E-state index in [4.69, 9.17) is 0 Å². The standard InChI is InChI=1S/C14H21NO/c1-10-7-8-11(13(16)15(5)6)12(9-10)14(2,3)4/h7-9H,1-6H3. The van der Waals surface area contributed by atoms with Gasteiger partial charge in [-0.2, -0.15) is 0 Å². The number of hydrogen-bond acceptors (Lipinski definition) is 1. The minimum Gasteiger partial charge on any atom is -0.345 e. The van der Waals surface area contributed by atoms with Crippen LogP contribution in [0.1, 0.15) is 42.3 Å². The molecule has 0 aliphatic heterocycles. The first-order valence-corrected chi connectivity index (χ1v) is 5.56. The lowest BCUT2D eigenvalue weighted by Crippen LogP contribution is -2.26. The van der Waals surface area contributed by atoms with Crippen molar-refractivity contribution in [3.8, 4) is 0 Å². The van der Waals surface area contributed by atoms with Crippen molar-refractivity contribution in [3.05, 3.63) is 34.9 Å². The van der Waals surface area contributed by atoms with Gasteiger partial charge in [-0.15, -0.1) is 0 Å². The molecular formula is C14H21NO. The molecule has 0 fully saturated rings. The van der Waals surface area contributed by atoms with E-state index in [0.29, 0.717) is 0 Å². The van der Waals surface area contributed by atoms with Crippen molar-refractivity contribution >= 4 is 5.91 Å². The molecule has 0 aromatic heterocycles. The van der Waals surface area contributed by atoms with Gasteiger partial charge in [0.1, 0.15) is 0 Å². The van der Waals surface area contributed by atoms with Gasteiger partial charge in [-0.25, -0.2) is 0 Å². The van der Waals surface area contributed by atoms with E-state index in [9.17, 15) is 4.79 Å². The fourth-order valence-corrected chi connectivity index (χ4v) is 1.71. The zero-order valence-corrected chi connectivity index (χ0v) is 11.1. The van der Waals surface area contributed by atoms with E-state index in [1.54, 1.807) is 19.0 Å². The summed E-state index contributed by atoms with van der Waals surface area (Å²) in [5, 5.41) is 0. The summed E-state index contributed by atoms with van der Waals surface area (Å²) in [6.07, 6.45) is 0. The lowest BCUT2D eigenvalue weighted by Gasteiger charge is -2.24. The van der Waals surface area contributed by atoms with Gasteiger partial charge in [0, 0.05) is 19.7 Å². The summed E-state index contributed by atoms with van der Waals surface area (Å²) in [6, 6.07) is 6.03. The van der Waals surface area contributed by atoms with E-state index in [1.165, 1.54) is 5.56 Å². The highest BCUT2D eigenvalue weighted by atomic mass is 16.2. The molecule has 0 aliphatic carbocycles. The molecule has 16 heavy (non-hydrogen) atoms. The van der Waals surface area contributed by atoms with Gasteiger partial charge in [0.25, 0.3) is 5.91 Å². The number of aryl methyl sites for hydroxylation is 1. The van der Waals surface area contributed by atoms with Gasteiger partial charge < -0.3 is 4.90 Å². The van der Waals surface area contributed by atoms with Crippen LogP contribution in [-0.2, 0) is 5.41 Å². The number of hydrogen-bond donors (Lipinski definition) is 0. The Labute approximate surface area is 98.3 Å². The van der Waals surface area contributed by atoms with Gasteiger partial charge in [0.2, 0.25) is 0 Å². The normalized spacial score (nSPS) is 11.4. The Morgan fingerprint density at radius 1 is 1.19 bits per heavy atom. The first kappa shape index (κ1) is 12.8. The second kappa shape index (κ2) is 4.28. The van der Waals surface area contributed by atoms with Crippen LogP contribution < -0.4 is 0 Å². The van der Waals surface area contributed by atoms with Crippen LogP contribution >= 0.6 is 0 Å². The van der Waals surface area contributed by atoms with Crippen LogP contribution in [-0.4, -0.2) is 24.9 Å². The number of rotatable bonds is 1. The smallest absolute Gasteiger partial charge is 0.253 e. The third-order valence-electron chi connectivity index (χ3n) is 2.62. The van der Waals surface area contributed by atoms with Gasteiger partial charge in [0.05, 0.1) is 0 Å². The summed E-state index contributed by atoms with van der Waals surface area (Å²) < 4.78 is 0. The van der Waals surface area contributed by atoms with Gasteiger partial charge in [-0.05, 0) is 24.0 Å². The van der Waals surface area contributed by atoms with Crippen molar-refractivity contribution in [2.24, 2.45) is 0 Å². The minimum atomic E-state index is -0.00692. The molecule has 0 aliphatic rings. The summed E-state index contributed by atoms with van der Waals surface area (Å²) in [5.41, 5.74) is 3.11. The Kier molecular flexibility index (Phi) is 3.41. The van der Waals surface area contributed by atoms with Crippen LogP contribution in [0.2, 0.25) is 0 Å². The van der Waals surface area contributed by atoms with E-state index in [0.717, 1.165) is 11.1 Å². The molecule has 0 saturated heterocycles. The highest BCUT2D eigenvalue weighted by molar-refractivity contribution is 5.95. The van der Waals surface area contributed by atoms with Gasteiger partial charge >= 0.3 is 0 Å². The van der Waals surface area contributed by atoms with E-state index < -0.39 is 0 Å². The van der Waals surface area contributed by atoms with Crippen LogP contribution in [0, 0.1) is 6.92 Å². The molecule has 1 aromatic rings. The maximum Gasteiger partial charge on any atom is 0.253 e. The van der Waals surface area contributed by atoms with Crippen molar-refractivity contribution < 1.29 is 4.79 Å². The van der Waals surface area contributed by atoms with E-state index in [1.807, 2.05) is 12.1 Å². The van der Waals surface area contributed by atoms with Gasteiger partial charge in [0.15, 0.2) is 0 Å². The molecule has 0 saturated carbocycles. The van der Waals surface area contributed by atoms with Crippen molar-refractivity contribution in [3.63, 3.8) is 0 Å². The van der Waals surface area contributed by atoms with Crippen LogP contribution in [0.4, 0.5) is 0 Å². The summed E-state index contributed by atoms with van der Waals surface area (Å²) in [7, 11) is 3.57. The molecule has 0 radical (unpaired) electrons. The van der Waals surface area contributed by atoms with Gasteiger partial charge in [-0.3, -0.25) is 4.79 Å². The summed E-state index contributed by atoms with van der Waals surface area (Å²) in [5.74, 6) is 0.0740. The molecule has 1 aromatic carbocycles. The molecule has 0 atom stereocenters. The zero-order chi connectivity index (χ0) is 12.5. The first-order chi connectivity index (χ1) is 7.23. The largest absolute Gasteiger partial charge is 0.345 e. The molecule has 88 valence electrons. The Morgan fingerprint density at radius 2 is 1.75 bits per heavy atom. The Hall–Kier alpha value is -1.31. The minimum absolute atomic E-state index is 0.00692. The highest BCUT2D eigenvalue weighted by Gasteiger charge is 2.22. The molecule has 1 amide bonds.